The highest BCUT2D eigenvalue weighted by molar-refractivity contribution is 9.10. The Morgan fingerprint density at radius 2 is 1.89 bits per heavy atom. The fourth-order valence-corrected chi connectivity index (χ4v) is 2.75. The lowest BCUT2D eigenvalue weighted by molar-refractivity contribution is -0.120. The van der Waals surface area contributed by atoms with Gasteiger partial charge >= 0.3 is 6.03 Å². The highest BCUT2D eigenvalue weighted by Gasteiger charge is 2.42. The summed E-state index contributed by atoms with van der Waals surface area (Å²) >= 11 is 3.15. The molecule has 5 atom stereocenters. The van der Waals surface area contributed by atoms with Crippen molar-refractivity contribution in [2.24, 2.45) is 0 Å². The summed E-state index contributed by atoms with van der Waals surface area (Å²) < 4.78 is 0. The SMILES string of the molecule is O=C1NC(=O)N(C[C@@H]2N[C@H](CO)C(O)C2O)CC1Br. The van der Waals surface area contributed by atoms with Crippen LogP contribution in [0.25, 0.3) is 0 Å². The number of nitrogens with one attached hydrogen (secondary N) is 2. The molecule has 3 amide bonds. The number of hydrogen-bond acceptors (Lipinski definition) is 6. The van der Waals surface area contributed by atoms with Crippen LogP contribution in [0.1, 0.15) is 0 Å². The van der Waals surface area contributed by atoms with Crippen molar-refractivity contribution in [1.29, 1.82) is 0 Å². The van der Waals surface area contributed by atoms with Crippen molar-refractivity contribution in [3.8, 4) is 0 Å². The zero-order valence-electron chi connectivity index (χ0n) is 9.99. The van der Waals surface area contributed by atoms with Gasteiger partial charge in [-0.25, -0.2) is 4.79 Å². The quantitative estimate of drug-likeness (QED) is 0.359. The van der Waals surface area contributed by atoms with E-state index in [1.165, 1.54) is 4.90 Å². The molecule has 2 rings (SSSR count). The van der Waals surface area contributed by atoms with Crippen LogP contribution in [0.3, 0.4) is 0 Å². The lowest BCUT2D eigenvalue weighted by atomic mass is 10.1. The molecule has 3 unspecified atom stereocenters. The first-order valence-electron chi connectivity index (χ1n) is 5.91. The molecule has 0 aliphatic carbocycles. The third-order valence-corrected chi connectivity index (χ3v) is 4.10. The van der Waals surface area contributed by atoms with E-state index in [9.17, 15) is 19.8 Å². The Hall–Kier alpha value is -0.740. The van der Waals surface area contributed by atoms with Crippen LogP contribution >= 0.6 is 15.9 Å². The molecule has 0 bridgehead atoms. The van der Waals surface area contributed by atoms with Crippen molar-refractivity contribution in [1.82, 2.24) is 15.5 Å². The highest BCUT2D eigenvalue weighted by atomic mass is 79.9. The molecule has 0 radical (unpaired) electrons. The van der Waals surface area contributed by atoms with Gasteiger partial charge in [0.05, 0.1) is 30.9 Å². The average molecular weight is 338 g/mol. The number of carbonyl (C=O) groups excluding carboxylic acids is 2. The maximum atomic E-state index is 11.6. The number of rotatable bonds is 3. The molecule has 108 valence electrons. The molecule has 0 aromatic rings. The van der Waals surface area contributed by atoms with Crippen LogP contribution in [-0.2, 0) is 4.79 Å². The first kappa shape index (κ1) is 14.7. The smallest absolute Gasteiger partial charge is 0.324 e. The van der Waals surface area contributed by atoms with Crippen LogP contribution in [0, 0.1) is 0 Å². The van der Waals surface area contributed by atoms with Gasteiger partial charge in [0.25, 0.3) is 0 Å². The second-order valence-corrected chi connectivity index (χ2v) is 5.82. The maximum Gasteiger partial charge on any atom is 0.324 e. The summed E-state index contributed by atoms with van der Waals surface area (Å²) in [6.45, 7) is 0.0197. The Kier molecular flexibility index (Phi) is 4.41. The molecule has 19 heavy (non-hydrogen) atoms. The number of amides is 3. The second kappa shape index (κ2) is 5.71. The van der Waals surface area contributed by atoms with Gasteiger partial charge in [0.2, 0.25) is 5.91 Å². The van der Waals surface area contributed by atoms with Gasteiger partial charge in [0, 0.05) is 13.1 Å². The van der Waals surface area contributed by atoms with E-state index >= 15 is 0 Å². The van der Waals surface area contributed by atoms with E-state index in [1.807, 2.05) is 0 Å². The van der Waals surface area contributed by atoms with E-state index in [0.717, 1.165) is 0 Å². The molecule has 8 nitrogen and oxygen atoms in total. The molecular formula is C10H16BrN3O5. The van der Waals surface area contributed by atoms with Crippen molar-refractivity contribution in [2.45, 2.75) is 29.1 Å². The molecule has 0 saturated carbocycles. The monoisotopic (exact) mass is 337 g/mol. The first-order chi connectivity index (χ1) is 8.93. The molecule has 2 aliphatic heterocycles. The number of carbonyl (C=O) groups is 2. The summed E-state index contributed by atoms with van der Waals surface area (Å²) in [5.41, 5.74) is 0. The minimum Gasteiger partial charge on any atom is -0.395 e. The van der Waals surface area contributed by atoms with Gasteiger partial charge in [0.1, 0.15) is 4.83 Å². The van der Waals surface area contributed by atoms with Crippen molar-refractivity contribution < 1.29 is 24.9 Å². The molecule has 2 saturated heterocycles. The van der Waals surface area contributed by atoms with Crippen LogP contribution in [0.4, 0.5) is 4.79 Å². The van der Waals surface area contributed by atoms with Crippen LogP contribution in [0.15, 0.2) is 0 Å². The number of nitrogens with zero attached hydrogens (tertiary/aromatic N) is 1. The summed E-state index contributed by atoms with van der Waals surface area (Å²) in [6, 6.07) is -1.70. The Labute approximate surface area is 117 Å². The van der Waals surface area contributed by atoms with E-state index in [-0.39, 0.29) is 19.7 Å². The number of hydrogen-bond donors (Lipinski definition) is 5. The summed E-state index contributed by atoms with van der Waals surface area (Å²) in [7, 11) is 0. The zero-order valence-corrected chi connectivity index (χ0v) is 11.6. The van der Waals surface area contributed by atoms with Gasteiger partial charge in [-0.05, 0) is 0 Å². The highest BCUT2D eigenvalue weighted by Crippen LogP contribution is 2.17. The van der Waals surface area contributed by atoms with Crippen LogP contribution in [0.2, 0.25) is 0 Å². The van der Waals surface area contributed by atoms with Gasteiger partial charge in [-0.15, -0.1) is 0 Å². The maximum absolute atomic E-state index is 11.6. The largest absolute Gasteiger partial charge is 0.395 e. The molecule has 2 fully saturated rings. The fraction of sp³-hybridized carbons (Fsp3) is 0.800. The van der Waals surface area contributed by atoms with Gasteiger partial charge in [0.15, 0.2) is 0 Å². The predicted octanol–water partition coefficient (Wildman–Crippen LogP) is -2.64. The number of halogens is 1. The normalized spacial score (nSPS) is 39.6. The third kappa shape index (κ3) is 2.90. The van der Waals surface area contributed by atoms with E-state index in [2.05, 4.69) is 26.6 Å². The number of aliphatic hydroxyl groups excluding tert-OH is 3. The van der Waals surface area contributed by atoms with Crippen LogP contribution in [0.5, 0.6) is 0 Å². The topological polar surface area (TPSA) is 122 Å². The summed E-state index contributed by atoms with van der Waals surface area (Å²) in [6.07, 6.45) is -2.15. The standard InChI is InChI=1S/C10H16BrN3O5/c11-4-1-14(10(19)13-9(4)18)2-5-7(16)8(17)6(3-15)12-5/h4-8,12,15-17H,1-3H2,(H,13,18,19)/t4?,5-,6+,7?,8?/m0/s1. The fourth-order valence-electron chi connectivity index (χ4n) is 2.29. The first-order valence-corrected chi connectivity index (χ1v) is 6.82. The molecule has 0 spiro atoms. The predicted molar refractivity (Wildman–Crippen MR) is 67.6 cm³/mol. The number of urea groups is 1. The molecule has 0 aromatic heterocycles. The summed E-state index contributed by atoms with van der Waals surface area (Å²) in [5.74, 6) is -0.394. The molecule has 2 heterocycles. The summed E-state index contributed by atoms with van der Waals surface area (Å²) in [5, 5.41) is 33.6. The van der Waals surface area contributed by atoms with E-state index in [0.29, 0.717) is 0 Å². The van der Waals surface area contributed by atoms with Gasteiger partial charge in [-0.1, -0.05) is 15.9 Å². The Balaban J connectivity index is 1.98. The Morgan fingerprint density at radius 3 is 2.47 bits per heavy atom. The Bertz CT molecular complexity index is 382. The molecular weight excluding hydrogens is 322 g/mol. The summed E-state index contributed by atoms with van der Waals surface area (Å²) in [4.78, 5) is 23.8. The molecule has 2 aliphatic rings. The van der Waals surface area contributed by atoms with Crippen molar-refractivity contribution >= 4 is 27.9 Å². The molecule has 5 N–H and O–H groups in total. The zero-order chi connectivity index (χ0) is 14.2. The van der Waals surface area contributed by atoms with E-state index in [4.69, 9.17) is 5.11 Å². The average Bonchev–Trinajstić information content (AvgIpc) is 2.63. The van der Waals surface area contributed by atoms with E-state index < -0.39 is 41.1 Å². The van der Waals surface area contributed by atoms with Gasteiger partial charge in [-0.3, -0.25) is 10.1 Å². The number of alkyl halides is 1. The van der Waals surface area contributed by atoms with Crippen LogP contribution in [-0.4, -0.2) is 81.0 Å². The number of aliphatic hydroxyl groups is 3. The van der Waals surface area contributed by atoms with Gasteiger partial charge in [-0.2, -0.15) is 0 Å². The lowest BCUT2D eigenvalue weighted by Gasteiger charge is -2.32. The van der Waals surface area contributed by atoms with Gasteiger partial charge < -0.3 is 25.5 Å². The van der Waals surface area contributed by atoms with Crippen molar-refractivity contribution in [2.75, 3.05) is 19.7 Å². The molecule has 9 heteroatoms. The van der Waals surface area contributed by atoms with Crippen LogP contribution < -0.4 is 10.6 Å². The minimum atomic E-state index is -1.08. The second-order valence-electron chi connectivity index (χ2n) is 4.71. The third-order valence-electron chi connectivity index (χ3n) is 3.40. The van der Waals surface area contributed by atoms with E-state index in [1.54, 1.807) is 0 Å². The van der Waals surface area contributed by atoms with Crippen molar-refractivity contribution in [3.63, 3.8) is 0 Å². The van der Waals surface area contributed by atoms with Crippen molar-refractivity contribution in [3.05, 3.63) is 0 Å². The lowest BCUT2D eigenvalue weighted by Crippen LogP contribution is -2.58. The number of imide groups is 1. The minimum absolute atomic E-state index is 0.135. The molecule has 0 aromatic carbocycles. The Morgan fingerprint density at radius 1 is 1.26 bits per heavy atom.